The number of benzene rings is 2. The molecule has 1 aliphatic carbocycles. The maximum atomic E-state index is 12.9. The van der Waals surface area contributed by atoms with Gasteiger partial charge in [-0.05, 0) is 24.3 Å². The van der Waals surface area contributed by atoms with Crippen LogP contribution in [0, 0.1) is 0 Å². The second kappa shape index (κ2) is 6.96. The number of carbonyl (C=O) groups excluding carboxylic acids is 1. The molecule has 1 aliphatic rings. The minimum atomic E-state index is -4.09. The third-order valence-electron chi connectivity index (χ3n) is 3.96. The molecule has 3 rings (SSSR count). The highest BCUT2D eigenvalue weighted by molar-refractivity contribution is 7.89. The molecule has 0 fully saturated rings. The van der Waals surface area contributed by atoms with Crippen molar-refractivity contribution >= 4 is 50.6 Å². The van der Waals surface area contributed by atoms with Crippen molar-refractivity contribution in [3.8, 4) is 0 Å². The fourth-order valence-corrected chi connectivity index (χ4v) is 4.70. The molecule has 0 amide bonds. The van der Waals surface area contributed by atoms with E-state index in [0.29, 0.717) is 5.02 Å². The Morgan fingerprint density at radius 3 is 2.23 bits per heavy atom. The van der Waals surface area contributed by atoms with Gasteiger partial charge in [0.15, 0.2) is 5.72 Å². The summed E-state index contributed by atoms with van der Waals surface area (Å²) in [4.78, 5) is 12.3. The second-order valence-electron chi connectivity index (χ2n) is 5.45. The molecule has 1 N–H and O–H groups in total. The summed E-state index contributed by atoms with van der Waals surface area (Å²) in [7, 11) is -2.82. The Balaban J connectivity index is 2.19. The fourth-order valence-electron chi connectivity index (χ4n) is 2.68. The van der Waals surface area contributed by atoms with E-state index in [1.54, 1.807) is 18.2 Å². The van der Waals surface area contributed by atoms with Gasteiger partial charge < -0.3 is 4.74 Å². The van der Waals surface area contributed by atoms with E-state index in [1.165, 1.54) is 37.4 Å². The van der Waals surface area contributed by atoms with Crippen molar-refractivity contribution in [3.63, 3.8) is 0 Å². The largest absolute Gasteiger partial charge is 0.353 e. The minimum Gasteiger partial charge on any atom is -0.353 e. The number of halogens is 3. The molecule has 5 nitrogen and oxygen atoms in total. The van der Waals surface area contributed by atoms with Gasteiger partial charge in [0.1, 0.15) is 5.03 Å². The van der Waals surface area contributed by atoms with Crippen LogP contribution in [0.4, 0.5) is 0 Å². The van der Waals surface area contributed by atoms with Crippen molar-refractivity contribution < 1.29 is 17.9 Å². The molecule has 0 aliphatic heterocycles. The Labute approximate surface area is 165 Å². The first-order chi connectivity index (χ1) is 12.2. The average Bonchev–Trinajstić information content (AvgIpc) is 2.64. The number of hydrogen-bond acceptors (Lipinski definition) is 4. The third kappa shape index (κ3) is 3.07. The van der Waals surface area contributed by atoms with Crippen molar-refractivity contribution in [2.24, 2.45) is 0 Å². The number of hydrogen-bond donors (Lipinski definition) is 1. The van der Waals surface area contributed by atoms with E-state index in [2.05, 4.69) is 4.72 Å². The monoisotopic (exact) mass is 431 g/mol. The SMILES string of the molecule is CO[C@]1(NS(=O)(=O)c2ccc(Cl)cc2)C(Cl)=C(Cl)C(=O)c2ccccc21. The molecule has 0 saturated carbocycles. The molecule has 0 bridgehead atoms. The number of ether oxygens (including phenoxy) is 1. The molecule has 0 radical (unpaired) electrons. The van der Waals surface area contributed by atoms with E-state index in [1.807, 2.05) is 0 Å². The van der Waals surface area contributed by atoms with Gasteiger partial charge in [0.05, 0.1) is 9.93 Å². The maximum absolute atomic E-state index is 12.9. The van der Waals surface area contributed by atoms with E-state index in [4.69, 9.17) is 39.5 Å². The summed E-state index contributed by atoms with van der Waals surface area (Å²) in [5, 5.41) is -0.186. The van der Waals surface area contributed by atoms with Gasteiger partial charge in [0.25, 0.3) is 0 Å². The van der Waals surface area contributed by atoms with Crippen LogP contribution >= 0.6 is 34.8 Å². The topological polar surface area (TPSA) is 72.5 Å². The Morgan fingerprint density at radius 2 is 1.62 bits per heavy atom. The zero-order valence-corrected chi connectivity index (χ0v) is 16.4. The maximum Gasteiger partial charge on any atom is 0.243 e. The number of sulfonamides is 1. The van der Waals surface area contributed by atoms with E-state index in [-0.39, 0.29) is 26.1 Å². The Bertz CT molecular complexity index is 1020. The quantitative estimate of drug-likeness (QED) is 0.741. The van der Waals surface area contributed by atoms with Crippen LogP contribution in [0.2, 0.25) is 5.02 Å². The highest BCUT2D eigenvalue weighted by Gasteiger charge is 2.48. The standard InChI is InChI=1S/C17H12Cl3NO4S/c1-25-17(21-26(23,24)11-8-6-10(18)7-9-11)13-5-3-2-4-12(13)15(22)14(19)16(17)20/h2-9,21H,1H3/t17-/m0/s1. The number of Topliss-reactive ketones (excluding diaryl/α,β-unsaturated/α-hetero) is 1. The predicted octanol–water partition coefficient (Wildman–Crippen LogP) is 4.00. The van der Waals surface area contributed by atoms with Crippen LogP contribution < -0.4 is 4.72 Å². The molecule has 0 spiro atoms. The molecule has 0 saturated heterocycles. The minimum absolute atomic E-state index is 0.0479. The molecule has 0 aromatic heterocycles. The van der Waals surface area contributed by atoms with Gasteiger partial charge in [-0.25, -0.2) is 8.42 Å². The van der Waals surface area contributed by atoms with Gasteiger partial charge in [0.2, 0.25) is 15.8 Å². The van der Waals surface area contributed by atoms with Crippen LogP contribution in [0.15, 0.2) is 63.5 Å². The summed E-state index contributed by atoms with van der Waals surface area (Å²) in [5.74, 6) is -0.509. The Hall–Kier alpha value is -1.41. The second-order valence-corrected chi connectivity index (χ2v) is 8.32. The molecule has 2 aromatic carbocycles. The van der Waals surface area contributed by atoms with Gasteiger partial charge in [-0.1, -0.05) is 59.1 Å². The van der Waals surface area contributed by atoms with Gasteiger partial charge in [-0.2, -0.15) is 4.72 Å². The first-order valence-corrected chi connectivity index (χ1v) is 9.89. The number of allylic oxidation sites excluding steroid dienone is 1. The van der Waals surface area contributed by atoms with Crippen molar-refractivity contribution in [3.05, 3.63) is 74.7 Å². The summed E-state index contributed by atoms with van der Waals surface area (Å²) in [5.41, 5.74) is -1.39. The van der Waals surface area contributed by atoms with Crippen LogP contribution in [-0.2, 0) is 20.5 Å². The lowest BCUT2D eigenvalue weighted by Crippen LogP contribution is -2.50. The highest BCUT2D eigenvalue weighted by atomic mass is 35.5. The Morgan fingerprint density at radius 1 is 1.00 bits per heavy atom. The molecule has 26 heavy (non-hydrogen) atoms. The fraction of sp³-hybridized carbons (Fsp3) is 0.118. The molecule has 9 heteroatoms. The molecular weight excluding hydrogens is 421 g/mol. The molecule has 136 valence electrons. The summed E-state index contributed by atoms with van der Waals surface area (Å²) >= 11 is 18.2. The zero-order chi connectivity index (χ0) is 19.1. The smallest absolute Gasteiger partial charge is 0.243 e. The lowest BCUT2D eigenvalue weighted by molar-refractivity contribution is 0.0122. The van der Waals surface area contributed by atoms with Crippen LogP contribution in [0.25, 0.3) is 0 Å². The van der Waals surface area contributed by atoms with Gasteiger partial charge in [0, 0.05) is 23.3 Å². The summed E-state index contributed by atoms with van der Waals surface area (Å²) in [6.07, 6.45) is 0. The summed E-state index contributed by atoms with van der Waals surface area (Å²) < 4.78 is 33.7. The molecule has 0 unspecified atom stereocenters. The van der Waals surface area contributed by atoms with Crippen LogP contribution in [0.1, 0.15) is 15.9 Å². The highest BCUT2D eigenvalue weighted by Crippen LogP contribution is 2.44. The van der Waals surface area contributed by atoms with E-state index in [0.717, 1.165) is 0 Å². The van der Waals surface area contributed by atoms with Gasteiger partial charge >= 0.3 is 0 Å². The summed E-state index contributed by atoms with van der Waals surface area (Å²) in [6.45, 7) is 0. The van der Waals surface area contributed by atoms with Gasteiger partial charge in [-0.15, -0.1) is 0 Å². The number of methoxy groups -OCH3 is 1. The number of rotatable bonds is 4. The van der Waals surface area contributed by atoms with Crippen LogP contribution in [-0.4, -0.2) is 21.3 Å². The first-order valence-electron chi connectivity index (χ1n) is 7.27. The number of ketones is 1. The molecule has 0 heterocycles. The third-order valence-corrected chi connectivity index (χ3v) is 6.57. The van der Waals surface area contributed by atoms with E-state index >= 15 is 0 Å². The normalized spacial score (nSPS) is 20.2. The number of fused-ring (bicyclic) bond motifs is 1. The van der Waals surface area contributed by atoms with Crippen molar-refractivity contribution in [1.82, 2.24) is 4.72 Å². The van der Waals surface area contributed by atoms with Crippen molar-refractivity contribution in [2.45, 2.75) is 10.6 Å². The Kier molecular flexibility index (Phi) is 5.18. The van der Waals surface area contributed by atoms with E-state index < -0.39 is 21.5 Å². The lowest BCUT2D eigenvalue weighted by Gasteiger charge is -2.37. The van der Waals surface area contributed by atoms with E-state index in [9.17, 15) is 13.2 Å². The summed E-state index contributed by atoms with van der Waals surface area (Å²) in [6, 6.07) is 11.9. The zero-order valence-electron chi connectivity index (χ0n) is 13.3. The van der Waals surface area contributed by atoms with Crippen LogP contribution in [0.3, 0.4) is 0 Å². The first kappa shape index (κ1) is 19.4. The van der Waals surface area contributed by atoms with Crippen molar-refractivity contribution in [2.75, 3.05) is 7.11 Å². The average molecular weight is 433 g/mol. The molecule has 1 atom stereocenters. The predicted molar refractivity (Wildman–Crippen MR) is 100.0 cm³/mol. The number of carbonyl (C=O) groups is 1. The van der Waals surface area contributed by atoms with Gasteiger partial charge in [-0.3, -0.25) is 4.79 Å². The molecule has 2 aromatic rings. The number of nitrogens with one attached hydrogen (secondary N) is 1. The molecular formula is C17H12Cl3NO4S. The lowest BCUT2D eigenvalue weighted by atomic mass is 9.89. The van der Waals surface area contributed by atoms with Crippen LogP contribution in [0.5, 0.6) is 0 Å². The van der Waals surface area contributed by atoms with Crippen molar-refractivity contribution in [1.29, 1.82) is 0 Å².